The van der Waals surface area contributed by atoms with Crippen molar-refractivity contribution in [3.05, 3.63) is 58.1 Å². The van der Waals surface area contributed by atoms with Crippen molar-refractivity contribution in [1.82, 2.24) is 4.98 Å². The van der Waals surface area contributed by atoms with Crippen LogP contribution in [0.15, 0.2) is 46.9 Å². The summed E-state index contributed by atoms with van der Waals surface area (Å²) >= 11 is 4.94. The monoisotopic (exact) mass is 390 g/mol. The Kier molecular flexibility index (Phi) is 4.93. The maximum Gasteiger partial charge on any atom is 0.413 e. The van der Waals surface area contributed by atoms with Crippen molar-refractivity contribution in [3.63, 3.8) is 0 Å². The molecule has 118 valence electrons. The molecule has 1 amide bonds. The van der Waals surface area contributed by atoms with Gasteiger partial charge in [0.2, 0.25) is 0 Å². The molecule has 0 aliphatic rings. The van der Waals surface area contributed by atoms with Gasteiger partial charge in [0.05, 0.1) is 10.2 Å². The first kappa shape index (κ1) is 16.0. The van der Waals surface area contributed by atoms with Crippen LogP contribution in [0.5, 0.6) is 0 Å². The Morgan fingerprint density at radius 3 is 2.83 bits per heavy atom. The molecule has 0 fully saturated rings. The Balaban J connectivity index is 1.70. The fraction of sp³-hybridized carbons (Fsp3) is 0.176. The molecule has 6 heteroatoms. The topological polar surface area (TPSA) is 51.2 Å². The highest BCUT2D eigenvalue weighted by Crippen LogP contribution is 2.31. The smallest absolute Gasteiger partial charge is 0.413 e. The molecular formula is C17H15BrN2O2S. The molecule has 0 aliphatic carbocycles. The lowest BCUT2D eigenvalue weighted by Crippen LogP contribution is -2.13. The zero-order valence-corrected chi connectivity index (χ0v) is 14.9. The van der Waals surface area contributed by atoms with E-state index in [4.69, 9.17) is 4.74 Å². The van der Waals surface area contributed by atoms with Gasteiger partial charge in [-0.15, -0.1) is 0 Å². The van der Waals surface area contributed by atoms with Crippen molar-refractivity contribution >= 4 is 48.7 Å². The summed E-state index contributed by atoms with van der Waals surface area (Å²) in [5.74, 6) is 0. The highest BCUT2D eigenvalue weighted by molar-refractivity contribution is 9.10. The third-order valence-corrected chi connectivity index (χ3v) is 4.72. The number of aryl methyl sites for hydroxylation is 1. The second-order valence-electron chi connectivity index (χ2n) is 4.97. The molecule has 0 bridgehead atoms. The lowest BCUT2D eigenvalue weighted by molar-refractivity contribution is 0.155. The molecule has 0 aliphatic heterocycles. The maximum atomic E-state index is 11.9. The van der Waals surface area contributed by atoms with Gasteiger partial charge < -0.3 is 4.74 Å². The molecule has 1 aromatic heterocycles. The molecule has 0 spiro atoms. The highest BCUT2D eigenvalue weighted by atomic mass is 79.9. The van der Waals surface area contributed by atoms with E-state index in [2.05, 4.69) is 39.2 Å². The van der Waals surface area contributed by atoms with Crippen LogP contribution in [0.3, 0.4) is 0 Å². The summed E-state index contributed by atoms with van der Waals surface area (Å²) in [6.07, 6.45) is 0.391. The van der Waals surface area contributed by atoms with Gasteiger partial charge in [-0.3, -0.25) is 5.32 Å². The van der Waals surface area contributed by atoms with Crippen LogP contribution < -0.4 is 5.32 Å². The third-order valence-electron chi connectivity index (χ3n) is 3.34. The van der Waals surface area contributed by atoms with E-state index >= 15 is 0 Å². The number of aromatic nitrogens is 1. The zero-order valence-electron chi connectivity index (χ0n) is 12.5. The lowest BCUT2D eigenvalue weighted by atomic mass is 10.1. The molecule has 3 rings (SSSR count). The van der Waals surface area contributed by atoms with Crippen molar-refractivity contribution in [2.75, 3.05) is 5.32 Å². The van der Waals surface area contributed by atoms with Gasteiger partial charge in [-0.25, -0.2) is 9.78 Å². The van der Waals surface area contributed by atoms with Crippen LogP contribution in [0.4, 0.5) is 9.93 Å². The zero-order chi connectivity index (χ0) is 16.2. The Morgan fingerprint density at radius 1 is 1.30 bits per heavy atom. The van der Waals surface area contributed by atoms with Crippen LogP contribution >= 0.6 is 27.3 Å². The minimum atomic E-state index is -0.495. The van der Waals surface area contributed by atoms with Gasteiger partial charge in [-0.2, -0.15) is 0 Å². The second-order valence-corrected chi connectivity index (χ2v) is 6.92. The molecule has 23 heavy (non-hydrogen) atoms. The predicted octanol–water partition coefficient (Wildman–Crippen LogP) is 5.37. The lowest BCUT2D eigenvalue weighted by Gasteiger charge is -2.04. The summed E-state index contributed by atoms with van der Waals surface area (Å²) in [4.78, 5) is 16.4. The Hall–Kier alpha value is -1.92. The van der Waals surface area contributed by atoms with E-state index < -0.39 is 6.09 Å². The minimum Gasteiger partial charge on any atom is -0.444 e. The van der Waals surface area contributed by atoms with Crippen molar-refractivity contribution in [1.29, 1.82) is 0 Å². The first-order chi connectivity index (χ1) is 11.2. The van der Waals surface area contributed by atoms with E-state index in [0.717, 1.165) is 32.2 Å². The summed E-state index contributed by atoms with van der Waals surface area (Å²) in [7, 11) is 0. The molecular weight excluding hydrogens is 376 g/mol. The van der Waals surface area contributed by atoms with E-state index in [1.807, 2.05) is 36.4 Å². The molecule has 0 saturated heterocycles. The van der Waals surface area contributed by atoms with Crippen LogP contribution in [-0.4, -0.2) is 11.1 Å². The van der Waals surface area contributed by atoms with Crippen molar-refractivity contribution in [3.8, 4) is 0 Å². The van der Waals surface area contributed by atoms with E-state index in [1.165, 1.54) is 11.3 Å². The number of thiazole rings is 1. The number of nitrogens with one attached hydrogen (secondary N) is 1. The van der Waals surface area contributed by atoms with E-state index in [9.17, 15) is 4.79 Å². The number of amides is 1. The number of carbonyl (C=O) groups is 1. The van der Waals surface area contributed by atoms with Gasteiger partial charge in [0, 0.05) is 4.47 Å². The second kappa shape index (κ2) is 7.10. The Labute approximate surface area is 146 Å². The van der Waals surface area contributed by atoms with Crippen LogP contribution in [-0.2, 0) is 17.8 Å². The SMILES string of the molecule is CCc1cc(Br)cc2sc(NC(=O)OCc3ccccc3)nc12. The van der Waals surface area contributed by atoms with Crippen molar-refractivity contribution in [2.45, 2.75) is 20.0 Å². The first-order valence-electron chi connectivity index (χ1n) is 7.22. The summed E-state index contributed by atoms with van der Waals surface area (Å²) < 4.78 is 7.27. The first-order valence-corrected chi connectivity index (χ1v) is 8.83. The third kappa shape index (κ3) is 3.89. The van der Waals surface area contributed by atoms with E-state index in [-0.39, 0.29) is 6.61 Å². The number of carbonyl (C=O) groups excluding carboxylic acids is 1. The Morgan fingerprint density at radius 2 is 2.09 bits per heavy atom. The molecule has 0 atom stereocenters. The normalized spacial score (nSPS) is 10.7. The van der Waals surface area contributed by atoms with E-state index in [0.29, 0.717) is 5.13 Å². The van der Waals surface area contributed by atoms with Crippen LogP contribution in [0.2, 0.25) is 0 Å². The summed E-state index contributed by atoms with van der Waals surface area (Å²) in [6, 6.07) is 13.6. The van der Waals surface area contributed by atoms with Crippen molar-refractivity contribution in [2.24, 2.45) is 0 Å². The minimum absolute atomic E-state index is 0.239. The van der Waals surface area contributed by atoms with Gasteiger partial charge in [-0.05, 0) is 29.7 Å². The number of ether oxygens (including phenoxy) is 1. The molecule has 1 N–H and O–H groups in total. The van der Waals surface area contributed by atoms with Crippen LogP contribution in [0.1, 0.15) is 18.1 Å². The number of halogens is 1. The van der Waals surface area contributed by atoms with Gasteiger partial charge in [0.25, 0.3) is 0 Å². The molecule has 0 radical (unpaired) electrons. The quantitative estimate of drug-likeness (QED) is 0.651. The molecule has 3 aromatic rings. The number of anilines is 1. The van der Waals surface area contributed by atoms with Crippen LogP contribution in [0.25, 0.3) is 10.2 Å². The number of nitrogens with zero attached hydrogens (tertiary/aromatic N) is 1. The summed E-state index contributed by atoms with van der Waals surface area (Å²) in [5.41, 5.74) is 3.03. The van der Waals surface area contributed by atoms with Gasteiger partial charge >= 0.3 is 6.09 Å². The maximum absolute atomic E-state index is 11.9. The molecule has 2 aromatic carbocycles. The number of hydrogen-bond acceptors (Lipinski definition) is 4. The average molecular weight is 391 g/mol. The summed E-state index contributed by atoms with van der Waals surface area (Å²) in [6.45, 7) is 2.32. The largest absolute Gasteiger partial charge is 0.444 e. The highest BCUT2D eigenvalue weighted by Gasteiger charge is 2.12. The number of fused-ring (bicyclic) bond motifs is 1. The fourth-order valence-corrected chi connectivity index (χ4v) is 3.83. The molecule has 1 heterocycles. The van der Waals surface area contributed by atoms with Gasteiger partial charge in [-0.1, -0.05) is 64.5 Å². The summed E-state index contributed by atoms with van der Waals surface area (Å²) in [5, 5.41) is 3.25. The standard InChI is InChI=1S/C17H15BrN2O2S/c1-2-12-8-13(18)9-14-15(12)19-16(23-14)20-17(21)22-10-11-6-4-3-5-7-11/h3-9H,2,10H2,1H3,(H,19,20,21). The van der Waals surface area contributed by atoms with Gasteiger partial charge in [0.15, 0.2) is 5.13 Å². The fourth-order valence-electron chi connectivity index (χ4n) is 2.23. The van der Waals surface area contributed by atoms with Gasteiger partial charge in [0.1, 0.15) is 6.61 Å². The predicted molar refractivity (Wildman–Crippen MR) is 96.9 cm³/mol. The molecule has 4 nitrogen and oxygen atoms in total. The Bertz CT molecular complexity index is 833. The number of rotatable bonds is 4. The van der Waals surface area contributed by atoms with Crippen LogP contribution in [0, 0.1) is 0 Å². The number of hydrogen-bond donors (Lipinski definition) is 1. The number of benzene rings is 2. The average Bonchev–Trinajstić information content (AvgIpc) is 2.95. The molecule has 0 unspecified atom stereocenters. The van der Waals surface area contributed by atoms with Crippen molar-refractivity contribution < 1.29 is 9.53 Å². The molecule has 0 saturated carbocycles. The van der Waals surface area contributed by atoms with E-state index in [1.54, 1.807) is 0 Å².